The molecular weight excluding hydrogens is 272 g/mol. The Labute approximate surface area is 113 Å². The zero-order valence-electron chi connectivity index (χ0n) is 9.17. The van der Waals surface area contributed by atoms with Gasteiger partial charge < -0.3 is 5.73 Å². The third kappa shape index (κ3) is 3.15. The maximum absolute atomic E-state index is 10.7. The number of nitrogen functional groups attached to an aromatic ring is 1. The van der Waals surface area contributed by atoms with Gasteiger partial charge >= 0.3 is 0 Å². The van der Waals surface area contributed by atoms with Crippen LogP contribution in [0.5, 0.6) is 0 Å². The van der Waals surface area contributed by atoms with Crippen LogP contribution in [0.3, 0.4) is 0 Å². The molecule has 0 amide bonds. The highest BCUT2D eigenvalue weighted by Crippen LogP contribution is 2.33. The van der Waals surface area contributed by atoms with Crippen molar-refractivity contribution in [1.82, 2.24) is 0 Å². The average molecular weight is 281 g/mol. The van der Waals surface area contributed by atoms with E-state index in [1.54, 1.807) is 18.2 Å². The summed E-state index contributed by atoms with van der Waals surface area (Å²) in [5.74, 6) is 0. The second-order valence-corrected chi connectivity index (χ2v) is 5.16. The molecule has 2 aromatic rings. The molecule has 4 nitrogen and oxygen atoms in total. The lowest BCUT2D eigenvalue weighted by molar-refractivity contribution is -0.385. The molecule has 0 spiro atoms. The molecule has 0 bridgehead atoms. The average Bonchev–Trinajstić information content (AvgIpc) is 2.28. The van der Waals surface area contributed by atoms with E-state index in [2.05, 4.69) is 0 Å². The fraction of sp³-hybridized carbons (Fsp3) is 0. The van der Waals surface area contributed by atoms with E-state index in [4.69, 9.17) is 17.3 Å². The van der Waals surface area contributed by atoms with Gasteiger partial charge in [0.05, 0.1) is 4.92 Å². The van der Waals surface area contributed by atoms with Crippen molar-refractivity contribution in [3.05, 3.63) is 57.6 Å². The van der Waals surface area contributed by atoms with E-state index >= 15 is 0 Å². The van der Waals surface area contributed by atoms with Gasteiger partial charge in [0.2, 0.25) is 0 Å². The molecule has 2 rings (SSSR count). The van der Waals surface area contributed by atoms with Crippen LogP contribution in [0.15, 0.2) is 52.3 Å². The fourth-order valence-corrected chi connectivity index (χ4v) is 2.67. The van der Waals surface area contributed by atoms with Crippen LogP contribution in [-0.2, 0) is 0 Å². The molecule has 0 heterocycles. The summed E-state index contributed by atoms with van der Waals surface area (Å²) in [4.78, 5) is 11.9. The fourth-order valence-electron chi connectivity index (χ4n) is 1.44. The molecule has 92 valence electrons. The smallest absolute Gasteiger partial charge is 0.272 e. The maximum atomic E-state index is 10.7. The number of nitro benzene ring substituents is 1. The molecule has 0 aliphatic carbocycles. The molecule has 0 aromatic heterocycles. The summed E-state index contributed by atoms with van der Waals surface area (Å²) in [5, 5.41) is 11.4. The highest BCUT2D eigenvalue weighted by atomic mass is 35.5. The van der Waals surface area contributed by atoms with Gasteiger partial charge in [0.1, 0.15) is 0 Å². The Morgan fingerprint density at radius 2 is 1.94 bits per heavy atom. The zero-order valence-corrected chi connectivity index (χ0v) is 10.7. The van der Waals surface area contributed by atoms with Crippen molar-refractivity contribution in [3.63, 3.8) is 0 Å². The summed E-state index contributed by atoms with van der Waals surface area (Å²) >= 11 is 7.26. The number of anilines is 1. The van der Waals surface area contributed by atoms with Gasteiger partial charge in [-0.05, 0) is 24.3 Å². The van der Waals surface area contributed by atoms with Crippen LogP contribution < -0.4 is 5.73 Å². The predicted octanol–water partition coefficient (Wildman–Crippen LogP) is 3.98. The molecule has 0 saturated carbocycles. The Bertz CT molecular complexity index is 604. The molecule has 0 unspecified atom stereocenters. The monoisotopic (exact) mass is 280 g/mol. The van der Waals surface area contributed by atoms with Crippen molar-refractivity contribution in [1.29, 1.82) is 0 Å². The molecular formula is C12H9ClN2O2S. The molecule has 2 aromatic carbocycles. The number of halogens is 1. The van der Waals surface area contributed by atoms with Gasteiger partial charge in [0.25, 0.3) is 5.69 Å². The summed E-state index contributed by atoms with van der Waals surface area (Å²) < 4.78 is 0. The van der Waals surface area contributed by atoms with Crippen molar-refractivity contribution in [2.75, 3.05) is 5.73 Å². The number of nitrogens with two attached hydrogens (primary N) is 1. The topological polar surface area (TPSA) is 69.2 Å². The lowest BCUT2D eigenvalue weighted by Crippen LogP contribution is -1.92. The lowest BCUT2D eigenvalue weighted by atomic mass is 10.3. The van der Waals surface area contributed by atoms with E-state index in [9.17, 15) is 10.1 Å². The molecule has 0 aliphatic rings. The van der Waals surface area contributed by atoms with Crippen LogP contribution in [0.2, 0.25) is 5.02 Å². The SMILES string of the molecule is Nc1cc(Sc2cccc(Cl)c2)cc([N+](=O)[O-])c1. The van der Waals surface area contributed by atoms with Gasteiger partial charge in [-0.3, -0.25) is 10.1 Å². The first kappa shape index (κ1) is 12.7. The molecule has 0 radical (unpaired) electrons. The molecule has 0 aliphatic heterocycles. The number of nitrogens with zero attached hydrogens (tertiary/aromatic N) is 1. The van der Waals surface area contributed by atoms with Gasteiger partial charge in [0.15, 0.2) is 0 Å². The van der Waals surface area contributed by atoms with Gasteiger partial charge in [-0.2, -0.15) is 0 Å². The van der Waals surface area contributed by atoms with Crippen molar-refractivity contribution in [2.24, 2.45) is 0 Å². The minimum atomic E-state index is -0.460. The van der Waals surface area contributed by atoms with Crippen molar-refractivity contribution in [3.8, 4) is 0 Å². The van der Waals surface area contributed by atoms with Gasteiger partial charge in [0, 0.05) is 32.6 Å². The number of hydrogen-bond acceptors (Lipinski definition) is 4. The number of nitro groups is 1. The second kappa shape index (κ2) is 5.29. The third-order valence-corrected chi connectivity index (χ3v) is 3.35. The summed E-state index contributed by atoms with van der Waals surface area (Å²) in [7, 11) is 0. The van der Waals surface area contributed by atoms with Gasteiger partial charge in [-0.1, -0.05) is 29.4 Å². The highest BCUT2D eigenvalue weighted by Gasteiger charge is 2.09. The molecule has 18 heavy (non-hydrogen) atoms. The van der Waals surface area contributed by atoms with Crippen LogP contribution in [-0.4, -0.2) is 4.92 Å². The normalized spacial score (nSPS) is 10.3. The first-order chi connectivity index (χ1) is 8.54. The van der Waals surface area contributed by atoms with E-state index in [0.29, 0.717) is 15.6 Å². The molecule has 0 atom stereocenters. The van der Waals surface area contributed by atoms with Crippen LogP contribution >= 0.6 is 23.4 Å². The third-order valence-electron chi connectivity index (χ3n) is 2.16. The molecule has 0 fully saturated rings. The van der Waals surface area contributed by atoms with Gasteiger partial charge in [-0.25, -0.2) is 0 Å². The first-order valence-corrected chi connectivity index (χ1v) is 6.22. The Balaban J connectivity index is 2.31. The predicted molar refractivity (Wildman–Crippen MR) is 73.1 cm³/mol. The van der Waals surface area contributed by atoms with E-state index in [1.807, 2.05) is 12.1 Å². The zero-order chi connectivity index (χ0) is 13.1. The Hall–Kier alpha value is -1.72. The van der Waals surface area contributed by atoms with Crippen molar-refractivity contribution in [2.45, 2.75) is 9.79 Å². The summed E-state index contributed by atoms with van der Waals surface area (Å²) in [5.41, 5.74) is 5.99. The van der Waals surface area contributed by atoms with Crippen LogP contribution in [0.4, 0.5) is 11.4 Å². The van der Waals surface area contributed by atoms with Crippen LogP contribution in [0, 0.1) is 10.1 Å². The van der Waals surface area contributed by atoms with Crippen molar-refractivity contribution >= 4 is 34.7 Å². The first-order valence-electron chi connectivity index (χ1n) is 5.03. The standard InChI is InChI=1S/C12H9ClN2O2S/c13-8-2-1-3-11(4-8)18-12-6-9(14)5-10(7-12)15(16)17/h1-7H,14H2. The second-order valence-electron chi connectivity index (χ2n) is 3.58. The van der Waals surface area contributed by atoms with E-state index in [1.165, 1.54) is 23.9 Å². The number of hydrogen-bond donors (Lipinski definition) is 1. The van der Waals surface area contributed by atoms with E-state index < -0.39 is 4.92 Å². The quantitative estimate of drug-likeness (QED) is 0.524. The van der Waals surface area contributed by atoms with Gasteiger partial charge in [-0.15, -0.1) is 0 Å². The Morgan fingerprint density at radius 3 is 2.61 bits per heavy atom. The van der Waals surface area contributed by atoms with Crippen LogP contribution in [0.1, 0.15) is 0 Å². The maximum Gasteiger partial charge on any atom is 0.272 e. The van der Waals surface area contributed by atoms with Crippen molar-refractivity contribution < 1.29 is 4.92 Å². The molecule has 0 saturated heterocycles. The largest absolute Gasteiger partial charge is 0.398 e. The lowest BCUT2D eigenvalue weighted by Gasteiger charge is -2.03. The number of benzene rings is 2. The Morgan fingerprint density at radius 1 is 1.17 bits per heavy atom. The summed E-state index contributed by atoms with van der Waals surface area (Å²) in [6, 6.07) is 11.8. The minimum Gasteiger partial charge on any atom is -0.398 e. The summed E-state index contributed by atoms with van der Waals surface area (Å²) in [6.07, 6.45) is 0. The molecule has 6 heteroatoms. The van der Waals surface area contributed by atoms with E-state index in [0.717, 1.165) is 4.90 Å². The molecule has 2 N–H and O–H groups in total. The highest BCUT2D eigenvalue weighted by molar-refractivity contribution is 7.99. The number of non-ortho nitro benzene ring substituents is 1. The van der Waals surface area contributed by atoms with Crippen LogP contribution in [0.25, 0.3) is 0 Å². The summed E-state index contributed by atoms with van der Waals surface area (Å²) in [6.45, 7) is 0. The number of rotatable bonds is 3. The minimum absolute atomic E-state index is 0.0143. The van der Waals surface area contributed by atoms with E-state index in [-0.39, 0.29) is 5.69 Å². The Kier molecular flexibility index (Phi) is 3.74.